The molecule has 18 rings (SSSR count). The van der Waals surface area contributed by atoms with Gasteiger partial charge in [-0.05, 0) is 327 Å². The second-order valence-corrected chi connectivity index (χ2v) is 36.1. The van der Waals surface area contributed by atoms with Crippen molar-refractivity contribution in [2.24, 2.45) is 28.6 Å². The highest BCUT2D eigenvalue weighted by Gasteiger charge is 2.66. The highest BCUT2D eigenvalue weighted by molar-refractivity contribution is 5.53. The van der Waals surface area contributed by atoms with Crippen molar-refractivity contribution in [3.63, 3.8) is 0 Å². The number of benzene rings is 12. The predicted molar refractivity (Wildman–Crippen MR) is 502 cm³/mol. The maximum Gasteiger partial charge on any atom is 0.161 e. The van der Waals surface area contributed by atoms with Crippen LogP contribution in [0.15, 0.2) is 218 Å². The fourth-order valence-electron chi connectivity index (χ4n) is 19.7. The molecule has 6 aliphatic rings. The molecule has 0 aromatic heterocycles. The van der Waals surface area contributed by atoms with Gasteiger partial charge in [-0.3, -0.25) is 0 Å². The standard InChI is InChI=1S/C22H26O4.C20H22O4.C18H20O4.C17H18O6.C15H16O6.C14H14O6/c1-21(2)14-8-9-22(21,3)20(13-5-7-16(24)18(26)11-13)19(14)12-4-6-15(23)17(25)10-12;21-17-3-1-11(9-19(17)23)13-5-15-7-14(8-16(15)6-13)12-2-4-18(22)20(24)10-12;19-15-7-5-13(9-17(15)21)11-1-2-12(4-3-11)14-6-8-16(20)18(22)10-14;18-12-6-4-10(8-14(12)20)22-16-2-1-3-17(16)23-11-5-7-13(19)15(21)9-11;16-12-4-2-10(8-14(12)18)20-6-1-7-21-11-3-5-13(17)15(19)9-11;15-11-3-1-9(7-13(11)17)19-5-6-20-10-2-4-12(16)14(18)8-10/h4-7,10-11,14,19-20,23-26H,8-9H2,1-3H3;1-4,9-10,13-16,21-24H,5-8H2;5-12,19-22H,1-4H2;4-9,16-21H,1-3H2;2-5,8-9,16-19H,1,6-7H2;1-4,7-8,15-18H,5-6H2/t;;;16-,17?;;/m...1../s1. The van der Waals surface area contributed by atoms with E-state index >= 15 is 0 Å². The first-order chi connectivity index (χ1) is 64.9. The SMILES string of the molecule is CC1(C)C2CCC1(C)C(c1ccc(O)c(O)c1)C2c1ccc(O)c(O)c1.Oc1ccc(C2CC3CC(c4ccc(O)c(O)c4)CC3C2)cc1O.Oc1ccc(C2CCC(c3ccc(O)c(O)c3)CC2)cc1O.Oc1ccc(OC2CCC[C@H]2Oc2ccc(O)c(O)c2)cc1O.Oc1ccc(OCCCOc2ccc(O)c(O)c2)cc1O.Oc1ccc(OCCOc2ccc(O)c(O)c2)cc1O. The van der Waals surface area contributed by atoms with Gasteiger partial charge in [0.2, 0.25) is 0 Å². The van der Waals surface area contributed by atoms with Crippen LogP contribution < -0.4 is 28.4 Å². The smallest absolute Gasteiger partial charge is 0.161 e. The zero-order valence-corrected chi connectivity index (χ0v) is 75.0. The maximum absolute atomic E-state index is 10.1. The van der Waals surface area contributed by atoms with Gasteiger partial charge in [-0.1, -0.05) is 57.2 Å². The van der Waals surface area contributed by atoms with Gasteiger partial charge in [-0.2, -0.15) is 0 Å². The molecule has 0 radical (unpaired) electrons. The van der Waals surface area contributed by atoms with Crippen LogP contribution >= 0.6 is 0 Å². The van der Waals surface area contributed by atoms with E-state index in [-0.39, 0.29) is 186 Å². The Balaban J connectivity index is 0.000000138. The lowest BCUT2D eigenvalue weighted by Gasteiger charge is -2.41. The second-order valence-electron chi connectivity index (χ2n) is 36.1. The molecule has 24 N–H and O–H groups in total. The number of hydrogen-bond acceptors (Lipinski definition) is 30. The van der Waals surface area contributed by atoms with E-state index in [9.17, 15) is 102 Å². The summed E-state index contributed by atoms with van der Waals surface area (Å²) in [6.45, 7) is 8.12. The van der Waals surface area contributed by atoms with Crippen molar-refractivity contribution in [1.82, 2.24) is 0 Å². The molecular formula is C106H116O30. The van der Waals surface area contributed by atoms with E-state index < -0.39 is 0 Å². The molecule has 5 unspecified atom stereocenters. The first kappa shape index (κ1) is 98.2. The Kier molecular flexibility index (Phi) is 31.1. The molecule has 0 aliphatic heterocycles. The van der Waals surface area contributed by atoms with Crippen molar-refractivity contribution >= 4 is 0 Å². The largest absolute Gasteiger partial charge is 0.504 e. The number of phenolic OH excluding ortho intramolecular Hbond substituents is 24. The fourth-order valence-corrected chi connectivity index (χ4v) is 19.7. The van der Waals surface area contributed by atoms with Crippen LogP contribution in [0.3, 0.4) is 0 Å². The van der Waals surface area contributed by atoms with Crippen molar-refractivity contribution in [3.8, 4) is 172 Å². The summed E-state index contributed by atoms with van der Waals surface area (Å²) in [6.07, 6.45) is 13.4. The third kappa shape index (κ3) is 23.8. The molecule has 30 nitrogen and oxygen atoms in total. The minimum Gasteiger partial charge on any atom is -0.504 e. The molecule has 30 heteroatoms. The fraction of sp³-hybridized carbons (Fsp3) is 0.321. The Morgan fingerprint density at radius 1 is 0.235 bits per heavy atom. The minimum absolute atomic E-state index is 0.0398. The molecule has 136 heavy (non-hydrogen) atoms. The molecule has 0 saturated heterocycles. The number of fused-ring (bicyclic) bond motifs is 3. The van der Waals surface area contributed by atoms with Gasteiger partial charge >= 0.3 is 0 Å². The highest BCUT2D eigenvalue weighted by Crippen LogP contribution is 2.76. The molecule has 12 aromatic rings. The summed E-state index contributed by atoms with van der Waals surface area (Å²) in [5.41, 5.74) is 6.50. The summed E-state index contributed by atoms with van der Waals surface area (Å²) in [5.74, 6) is 2.76. The van der Waals surface area contributed by atoms with E-state index in [4.69, 9.17) is 48.8 Å². The van der Waals surface area contributed by atoms with E-state index in [2.05, 4.69) is 20.8 Å². The van der Waals surface area contributed by atoms with Crippen molar-refractivity contribution in [3.05, 3.63) is 252 Å². The summed E-state index contributed by atoms with van der Waals surface area (Å²) in [7, 11) is 0. The number of phenols is 24. The summed E-state index contributed by atoms with van der Waals surface area (Å²) in [4.78, 5) is 0. The summed E-state index contributed by atoms with van der Waals surface area (Å²) >= 11 is 0. The Bertz CT molecular complexity index is 5810. The molecule has 6 aliphatic carbocycles. The Hall–Kier alpha value is -15.4. The zero-order valence-electron chi connectivity index (χ0n) is 75.0. The first-order valence-electron chi connectivity index (χ1n) is 44.9. The van der Waals surface area contributed by atoms with E-state index in [0.717, 1.165) is 117 Å². The van der Waals surface area contributed by atoms with Crippen molar-refractivity contribution in [1.29, 1.82) is 0 Å². The van der Waals surface area contributed by atoms with E-state index in [1.54, 1.807) is 84.9 Å². The van der Waals surface area contributed by atoms with E-state index in [0.29, 0.717) is 95.6 Å². The second kappa shape index (κ2) is 43.1. The number of rotatable bonds is 21. The Labute approximate surface area is 784 Å². The molecule has 720 valence electrons. The molecule has 0 spiro atoms. The molecule has 0 amide bonds. The van der Waals surface area contributed by atoms with Crippen LogP contribution in [0.2, 0.25) is 0 Å². The van der Waals surface area contributed by atoms with Gasteiger partial charge in [0.25, 0.3) is 0 Å². The lowest BCUT2D eigenvalue weighted by molar-refractivity contribution is 0.0775. The molecule has 6 fully saturated rings. The van der Waals surface area contributed by atoms with Crippen LogP contribution in [-0.2, 0) is 0 Å². The van der Waals surface area contributed by atoms with Crippen molar-refractivity contribution in [2.45, 2.75) is 158 Å². The van der Waals surface area contributed by atoms with Crippen LogP contribution in [0.25, 0.3) is 0 Å². The van der Waals surface area contributed by atoms with Gasteiger partial charge in [0, 0.05) is 42.8 Å². The van der Waals surface area contributed by atoms with E-state index in [1.165, 1.54) is 97.1 Å². The van der Waals surface area contributed by atoms with Crippen LogP contribution in [0, 0.1) is 28.6 Å². The normalized spacial score (nSPS) is 21.2. The highest BCUT2D eigenvalue weighted by atomic mass is 16.5. The molecule has 2 bridgehead atoms. The predicted octanol–water partition coefficient (Wildman–Crippen LogP) is 20.2. The average Bonchev–Trinajstić information content (AvgIpc) is 1.52. The topological polar surface area (TPSA) is 541 Å². The van der Waals surface area contributed by atoms with Gasteiger partial charge in [-0.15, -0.1) is 0 Å². The van der Waals surface area contributed by atoms with Crippen molar-refractivity contribution < 1.29 is 151 Å². The van der Waals surface area contributed by atoms with Crippen LogP contribution in [0.5, 0.6) is 172 Å². The summed E-state index contributed by atoms with van der Waals surface area (Å²) in [5, 5.41) is 227. The van der Waals surface area contributed by atoms with Gasteiger partial charge in [-0.25, -0.2) is 0 Å². The third-order valence-corrected chi connectivity index (χ3v) is 27.3. The van der Waals surface area contributed by atoms with Gasteiger partial charge in [0.15, 0.2) is 138 Å². The van der Waals surface area contributed by atoms with Crippen LogP contribution in [0.4, 0.5) is 0 Å². The van der Waals surface area contributed by atoms with Gasteiger partial charge in [0.1, 0.15) is 59.9 Å². The Morgan fingerprint density at radius 3 is 0.765 bits per heavy atom. The lowest BCUT2D eigenvalue weighted by Crippen LogP contribution is -2.31. The first-order valence-corrected chi connectivity index (χ1v) is 44.9. The monoisotopic (exact) mass is 1870 g/mol. The number of aromatic hydroxyl groups is 24. The van der Waals surface area contributed by atoms with E-state index in [1.807, 2.05) is 36.4 Å². The Morgan fingerprint density at radius 2 is 0.471 bits per heavy atom. The third-order valence-electron chi connectivity index (χ3n) is 27.3. The summed E-state index contributed by atoms with van der Waals surface area (Å²) in [6, 6.07) is 56.0. The average molecular weight is 1870 g/mol. The van der Waals surface area contributed by atoms with Gasteiger partial charge < -0.3 is 151 Å². The summed E-state index contributed by atoms with van der Waals surface area (Å²) < 4.78 is 33.1. The quantitative estimate of drug-likeness (QED) is 0.0235. The minimum atomic E-state index is -0.258. The molecule has 6 saturated carbocycles. The number of ether oxygens (including phenoxy) is 6. The molecule has 12 aromatic carbocycles. The van der Waals surface area contributed by atoms with Gasteiger partial charge in [0.05, 0.1) is 13.2 Å². The lowest BCUT2D eigenvalue weighted by atomic mass is 9.63. The molecule has 6 atom stereocenters. The molecular weight excluding hydrogens is 1750 g/mol. The maximum atomic E-state index is 10.1. The van der Waals surface area contributed by atoms with Crippen LogP contribution in [-0.4, -0.2) is 161 Å². The molecule has 0 heterocycles. The zero-order chi connectivity index (χ0) is 97.6. The van der Waals surface area contributed by atoms with Crippen LogP contribution in [0.1, 0.15) is 180 Å². The van der Waals surface area contributed by atoms with Crippen molar-refractivity contribution in [2.75, 3.05) is 26.4 Å². The number of hydrogen-bond donors (Lipinski definition) is 24.